The third-order valence-electron chi connectivity index (χ3n) is 3.85. The maximum Gasteiger partial charge on any atom is 0.169 e. The third-order valence-corrected chi connectivity index (χ3v) is 4.25. The van der Waals surface area contributed by atoms with Gasteiger partial charge in [-0.15, -0.1) is 0 Å². The lowest BCUT2D eigenvalue weighted by atomic mass is 10.2. The summed E-state index contributed by atoms with van der Waals surface area (Å²) in [7, 11) is 1.66. The van der Waals surface area contributed by atoms with Crippen LogP contribution in [-0.4, -0.2) is 42.9 Å². The zero-order chi connectivity index (χ0) is 16.5. The Labute approximate surface area is 143 Å². The summed E-state index contributed by atoms with van der Waals surface area (Å²) < 4.78 is 11.0. The molecule has 1 saturated heterocycles. The molecule has 0 amide bonds. The second-order valence-corrected chi connectivity index (χ2v) is 5.85. The summed E-state index contributed by atoms with van der Waals surface area (Å²) in [6.07, 6.45) is 2.80. The number of nitrogens with zero attached hydrogens (tertiary/aromatic N) is 2. The van der Waals surface area contributed by atoms with E-state index >= 15 is 0 Å². The van der Waals surface area contributed by atoms with E-state index in [2.05, 4.69) is 11.4 Å². The molecule has 0 radical (unpaired) electrons. The Morgan fingerprint density at radius 3 is 3.04 bits per heavy atom. The first-order valence-corrected chi connectivity index (χ1v) is 8.28. The van der Waals surface area contributed by atoms with Crippen molar-refractivity contribution < 1.29 is 9.47 Å². The smallest absolute Gasteiger partial charge is 0.169 e. The number of hydrogen-bond donors (Lipinski definition) is 1. The first-order valence-electron chi connectivity index (χ1n) is 7.88. The fourth-order valence-corrected chi connectivity index (χ4v) is 2.86. The van der Waals surface area contributed by atoms with Gasteiger partial charge in [0.25, 0.3) is 0 Å². The second kappa shape index (κ2) is 9.33. The number of hydrogen-bond acceptors (Lipinski definition) is 4. The van der Waals surface area contributed by atoms with Crippen molar-refractivity contribution in [1.82, 2.24) is 10.2 Å². The van der Waals surface area contributed by atoms with Gasteiger partial charge in [-0.2, -0.15) is 5.26 Å². The van der Waals surface area contributed by atoms with E-state index in [-0.39, 0.29) is 6.10 Å². The molecule has 0 aromatic heterocycles. The topological polar surface area (TPSA) is 57.5 Å². The van der Waals surface area contributed by atoms with E-state index in [4.69, 9.17) is 27.0 Å². The summed E-state index contributed by atoms with van der Waals surface area (Å²) in [6.45, 7) is 2.77. The Kier molecular flexibility index (Phi) is 7.11. The van der Waals surface area contributed by atoms with Gasteiger partial charge in [0.15, 0.2) is 5.11 Å². The van der Waals surface area contributed by atoms with E-state index in [1.54, 1.807) is 7.11 Å². The minimum atomic E-state index is 0.208. The Hall–Kier alpha value is -1.84. The van der Waals surface area contributed by atoms with Crippen molar-refractivity contribution in [1.29, 1.82) is 5.26 Å². The summed E-state index contributed by atoms with van der Waals surface area (Å²) >= 11 is 5.51. The van der Waals surface area contributed by atoms with E-state index in [1.165, 1.54) is 0 Å². The van der Waals surface area contributed by atoms with E-state index < -0.39 is 0 Å². The Morgan fingerprint density at radius 1 is 1.52 bits per heavy atom. The molecule has 1 aliphatic rings. The van der Waals surface area contributed by atoms with Crippen molar-refractivity contribution in [3.05, 3.63) is 29.8 Å². The van der Waals surface area contributed by atoms with Crippen LogP contribution in [0.1, 0.15) is 24.8 Å². The Bertz CT molecular complexity index is 553. The fraction of sp³-hybridized carbons (Fsp3) is 0.529. The average molecular weight is 333 g/mol. The highest BCUT2D eigenvalue weighted by Gasteiger charge is 2.20. The SMILES string of the molecule is COc1ccccc1CNC(=S)N(CCC#N)CC1CCCO1. The van der Waals surface area contributed by atoms with Gasteiger partial charge in [-0.05, 0) is 31.1 Å². The standard InChI is InChI=1S/C17H23N3O2S/c1-21-16-8-3-2-6-14(16)12-19-17(23)20(10-5-9-18)13-15-7-4-11-22-15/h2-3,6,8,15H,4-5,7,10-13H2,1H3,(H,19,23). The second-order valence-electron chi connectivity index (χ2n) is 5.46. The van der Waals surface area contributed by atoms with Crippen LogP contribution in [0.4, 0.5) is 0 Å². The summed E-state index contributed by atoms with van der Waals surface area (Å²) in [4.78, 5) is 2.03. The van der Waals surface area contributed by atoms with Gasteiger partial charge in [0.05, 0.1) is 25.7 Å². The lowest BCUT2D eigenvalue weighted by Crippen LogP contribution is -2.43. The molecule has 1 aromatic rings. The van der Waals surface area contributed by atoms with Crippen molar-refractivity contribution in [3.8, 4) is 11.8 Å². The zero-order valence-corrected chi connectivity index (χ0v) is 14.3. The molecule has 1 N–H and O–H groups in total. The van der Waals surface area contributed by atoms with Crippen LogP contribution in [-0.2, 0) is 11.3 Å². The molecular formula is C17H23N3O2S. The Morgan fingerprint density at radius 2 is 2.35 bits per heavy atom. The summed E-state index contributed by atoms with van der Waals surface area (Å²) in [5.74, 6) is 0.838. The maximum absolute atomic E-state index is 8.85. The van der Waals surface area contributed by atoms with Crippen LogP contribution >= 0.6 is 12.2 Å². The molecule has 1 atom stereocenters. The largest absolute Gasteiger partial charge is 0.496 e. The molecule has 0 spiro atoms. The molecule has 23 heavy (non-hydrogen) atoms. The predicted molar refractivity (Wildman–Crippen MR) is 93.2 cm³/mol. The van der Waals surface area contributed by atoms with Crippen molar-refractivity contribution in [2.24, 2.45) is 0 Å². The quantitative estimate of drug-likeness (QED) is 0.774. The van der Waals surface area contributed by atoms with Gasteiger partial charge in [-0.3, -0.25) is 0 Å². The lowest BCUT2D eigenvalue weighted by Gasteiger charge is -2.27. The molecule has 0 aliphatic carbocycles. The summed E-state index contributed by atoms with van der Waals surface area (Å²) in [5.41, 5.74) is 1.05. The van der Waals surface area contributed by atoms with Gasteiger partial charge in [0.1, 0.15) is 5.75 Å². The molecule has 0 bridgehead atoms. The maximum atomic E-state index is 8.85. The number of nitrogens with one attached hydrogen (secondary N) is 1. The number of benzene rings is 1. The van der Waals surface area contributed by atoms with Crippen LogP contribution in [0.25, 0.3) is 0 Å². The zero-order valence-electron chi connectivity index (χ0n) is 13.5. The number of thiocarbonyl (C=S) groups is 1. The van der Waals surface area contributed by atoms with Crippen molar-refractivity contribution in [2.45, 2.75) is 31.9 Å². The van der Waals surface area contributed by atoms with Gasteiger partial charge >= 0.3 is 0 Å². The summed E-state index contributed by atoms with van der Waals surface area (Å²) in [5, 5.41) is 12.8. The molecule has 0 saturated carbocycles. The normalized spacial score (nSPS) is 16.6. The number of nitriles is 1. The minimum Gasteiger partial charge on any atom is -0.496 e. The van der Waals surface area contributed by atoms with Crippen LogP contribution in [0.5, 0.6) is 5.75 Å². The van der Waals surface area contributed by atoms with Gasteiger partial charge in [0.2, 0.25) is 0 Å². The van der Waals surface area contributed by atoms with E-state index in [0.717, 1.165) is 37.3 Å². The minimum absolute atomic E-state index is 0.208. The number of ether oxygens (including phenoxy) is 2. The molecule has 1 aromatic carbocycles. The molecule has 1 aliphatic heterocycles. The molecular weight excluding hydrogens is 310 g/mol. The van der Waals surface area contributed by atoms with E-state index in [0.29, 0.717) is 24.6 Å². The van der Waals surface area contributed by atoms with Crippen molar-refractivity contribution in [2.75, 3.05) is 26.8 Å². The summed E-state index contributed by atoms with van der Waals surface area (Å²) in [6, 6.07) is 10.0. The van der Waals surface area contributed by atoms with Crippen LogP contribution in [0, 0.1) is 11.3 Å². The highest BCUT2D eigenvalue weighted by atomic mass is 32.1. The third kappa shape index (κ3) is 5.38. The Balaban J connectivity index is 1.92. The molecule has 6 heteroatoms. The molecule has 1 fully saturated rings. The van der Waals surface area contributed by atoms with Crippen LogP contribution < -0.4 is 10.1 Å². The van der Waals surface area contributed by atoms with Crippen molar-refractivity contribution >= 4 is 17.3 Å². The molecule has 1 heterocycles. The van der Waals surface area contributed by atoms with E-state index in [1.807, 2.05) is 29.2 Å². The first-order chi connectivity index (χ1) is 11.2. The first kappa shape index (κ1) is 17.5. The van der Waals surface area contributed by atoms with Gasteiger partial charge < -0.3 is 19.7 Å². The fourth-order valence-electron chi connectivity index (χ4n) is 2.63. The lowest BCUT2D eigenvalue weighted by molar-refractivity contribution is 0.0914. The van der Waals surface area contributed by atoms with Gasteiger partial charge in [0, 0.05) is 31.8 Å². The van der Waals surface area contributed by atoms with Crippen LogP contribution in [0.2, 0.25) is 0 Å². The number of para-hydroxylation sites is 1. The predicted octanol–water partition coefficient (Wildman–Crippen LogP) is 2.46. The van der Waals surface area contributed by atoms with E-state index in [9.17, 15) is 0 Å². The monoisotopic (exact) mass is 333 g/mol. The van der Waals surface area contributed by atoms with Crippen molar-refractivity contribution in [3.63, 3.8) is 0 Å². The van der Waals surface area contributed by atoms with Gasteiger partial charge in [-0.1, -0.05) is 18.2 Å². The number of rotatable bonds is 7. The highest BCUT2D eigenvalue weighted by molar-refractivity contribution is 7.80. The average Bonchev–Trinajstić information content (AvgIpc) is 3.09. The molecule has 2 rings (SSSR count). The highest BCUT2D eigenvalue weighted by Crippen LogP contribution is 2.17. The van der Waals surface area contributed by atoms with Gasteiger partial charge in [-0.25, -0.2) is 0 Å². The molecule has 1 unspecified atom stereocenters. The molecule has 5 nitrogen and oxygen atoms in total. The van der Waals surface area contributed by atoms with Crippen LogP contribution in [0.3, 0.4) is 0 Å². The van der Waals surface area contributed by atoms with Crippen LogP contribution in [0.15, 0.2) is 24.3 Å². The molecule has 124 valence electrons. The number of methoxy groups -OCH3 is 1.